The fraction of sp³-hybridized carbons (Fsp3) is 0.400. The average Bonchev–Trinajstić information content (AvgIpc) is 2.94. The standard InChI is InChI=1S/C20H22F2N2/c1-23-8-10-24(11-9-23)20-13-17(16-4-2-3-5-19(16)22)15-7-6-14(21)12-18(15)20/h2-7,12,17,20H,8-11,13H2,1H3/t17-,20-/m0/s1. The van der Waals surface area contributed by atoms with Crippen LogP contribution in [-0.2, 0) is 0 Å². The molecule has 0 aromatic heterocycles. The van der Waals surface area contributed by atoms with E-state index in [0.717, 1.165) is 49.3 Å². The van der Waals surface area contributed by atoms with Crippen LogP contribution in [0.2, 0.25) is 0 Å². The van der Waals surface area contributed by atoms with Crippen LogP contribution in [-0.4, -0.2) is 43.0 Å². The predicted molar refractivity (Wildman–Crippen MR) is 91.1 cm³/mol. The Balaban J connectivity index is 1.71. The molecule has 1 aliphatic heterocycles. The Morgan fingerprint density at radius 2 is 1.62 bits per heavy atom. The maximum absolute atomic E-state index is 14.3. The summed E-state index contributed by atoms with van der Waals surface area (Å²) in [5, 5.41) is 0. The summed E-state index contributed by atoms with van der Waals surface area (Å²) in [6.45, 7) is 3.99. The summed E-state index contributed by atoms with van der Waals surface area (Å²) in [5.41, 5.74) is 2.83. The van der Waals surface area contributed by atoms with Crippen LogP contribution in [0.15, 0.2) is 42.5 Å². The molecule has 0 bridgehead atoms. The maximum atomic E-state index is 14.3. The molecule has 0 spiro atoms. The Bertz CT molecular complexity index is 738. The zero-order chi connectivity index (χ0) is 16.7. The van der Waals surface area contributed by atoms with Crippen LogP contribution < -0.4 is 0 Å². The van der Waals surface area contributed by atoms with Gasteiger partial charge >= 0.3 is 0 Å². The lowest BCUT2D eigenvalue weighted by Crippen LogP contribution is -2.45. The molecule has 2 nitrogen and oxygen atoms in total. The minimum Gasteiger partial charge on any atom is -0.304 e. The molecule has 1 fully saturated rings. The second kappa shape index (κ2) is 6.26. The summed E-state index contributed by atoms with van der Waals surface area (Å²) in [6, 6.07) is 12.1. The van der Waals surface area contributed by atoms with Gasteiger partial charge in [-0.05, 0) is 48.4 Å². The van der Waals surface area contributed by atoms with E-state index in [1.165, 1.54) is 12.1 Å². The molecule has 0 saturated carbocycles. The van der Waals surface area contributed by atoms with Crippen molar-refractivity contribution in [2.75, 3.05) is 33.2 Å². The Morgan fingerprint density at radius 3 is 2.38 bits per heavy atom. The lowest BCUT2D eigenvalue weighted by atomic mass is 9.92. The molecule has 0 N–H and O–H groups in total. The van der Waals surface area contributed by atoms with E-state index in [9.17, 15) is 8.78 Å². The molecule has 0 unspecified atom stereocenters. The van der Waals surface area contributed by atoms with Crippen LogP contribution in [0.1, 0.15) is 35.1 Å². The minimum atomic E-state index is -0.206. The number of nitrogens with zero attached hydrogens (tertiary/aromatic N) is 2. The molecule has 2 atom stereocenters. The second-order valence-electron chi connectivity index (χ2n) is 6.94. The Labute approximate surface area is 141 Å². The number of hydrogen-bond acceptors (Lipinski definition) is 2. The number of piperazine rings is 1. The summed E-state index contributed by atoms with van der Waals surface area (Å²) in [4.78, 5) is 4.74. The Hall–Kier alpha value is -1.78. The van der Waals surface area contributed by atoms with Crippen LogP contribution in [0.3, 0.4) is 0 Å². The molecule has 2 aromatic rings. The zero-order valence-corrected chi connectivity index (χ0v) is 13.9. The van der Waals surface area contributed by atoms with Gasteiger partial charge in [-0.1, -0.05) is 24.3 Å². The van der Waals surface area contributed by atoms with E-state index in [0.29, 0.717) is 0 Å². The third-order valence-corrected chi connectivity index (χ3v) is 5.50. The lowest BCUT2D eigenvalue weighted by molar-refractivity contribution is 0.110. The monoisotopic (exact) mass is 328 g/mol. The van der Waals surface area contributed by atoms with E-state index in [1.54, 1.807) is 12.1 Å². The van der Waals surface area contributed by atoms with E-state index in [1.807, 2.05) is 18.2 Å². The highest BCUT2D eigenvalue weighted by Gasteiger charge is 2.37. The number of halogens is 2. The summed E-state index contributed by atoms with van der Waals surface area (Å²) in [6.07, 6.45) is 0.823. The smallest absolute Gasteiger partial charge is 0.127 e. The molecule has 1 heterocycles. The summed E-state index contributed by atoms with van der Waals surface area (Å²) < 4.78 is 28.2. The SMILES string of the molecule is CN1CCN([C@H]2C[C@H](c3ccccc3F)c3ccc(F)cc32)CC1. The van der Waals surface area contributed by atoms with Gasteiger partial charge in [-0.25, -0.2) is 8.78 Å². The summed E-state index contributed by atoms with van der Waals surface area (Å²) in [7, 11) is 2.13. The molecular weight excluding hydrogens is 306 g/mol. The summed E-state index contributed by atoms with van der Waals surface area (Å²) >= 11 is 0. The van der Waals surface area contributed by atoms with E-state index in [2.05, 4.69) is 16.8 Å². The van der Waals surface area contributed by atoms with Gasteiger partial charge in [0, 0.05) is 38.1 Å². The van der Waals surface area contributed by atoms with Crippen LogP contribution >= 0.6 is 0 Å². The molecule has 1 aliphatic carbocycles. The second-order valence-corrected chi connectivity index (χ2v) is 6.94. The van der Waals surface area contributed by atoms with Crippen LogP contribution in [0.25, 0.3) is 0 Å². The van der Waals surface area contributed by atoms with Crippen molar-refractivity contribution in [1.29, 1.82) is 0 Å². The summed E-state index contributed by atoms with van der Waals surface area (Å²) in [5.74, 6) is -0.370. The predicted octanol–water partition coefficient (Wildman–Crippen LogP) is 3.79. The minimum absolute atomic E-state index is 0.00598. The van der Waals surface area contributed by atoms with Gasteiger partial charge in [-0.2, -0.15) is 0 Å². The van der Waals surface area contributed by atoms with Crippen molar-refractivity contribution in [1.82, 2.24) is 9.80 Å². The number of likely N-dealkylation sites (N-methyl/N-ethyl adjacent to an activating group) is 1. The number of hydrogen-bond donors (Lipinski definition) is 0. The van der Waals surface area contributed by atoms with Gasteiger partial charge in [-0.15, -0.1) is 0 Å². The van der Waals surface area contributed by atoms with Gasteiger partial charge in [-0.3, -0.25) is 4.90 Å². The highest BCUT2D eigenvalue weighted by atomic mass is 19.1. The molecule has 2 aromatic carbocycles. The van der Waals surface area contributed by atoms with Crippen molar-refractivity contribution in [2.24, 2.45) is 0 Å². The van der Waals surface area contributed by atoms with Crippen molar-refractivity contribution < 1.29 is 8.78 Å². The molecule has 0 amide bonds. The van der Waals surface area contributed by atoms with Gasteiger partial charge in [0.05, 0.1) is 0 Å². The van der Waals surface area contributed by atoms with Crippen molar-refractivity contribution in [3.63, 3.8) is 0 Å². The van der Waals surface area contributed by atoms with Crippen molar-refractivity contribution >= 4 is 0 Å². The van der Waals surface area contributed by atoms with Crippen LogP contribution in [0.5, 0.6) is 0 Å². The van der Waals surface area contributed by atoms with Gasteiger partial charge in [0.15, 0.2) is 0 Å². The maximum Gasteiger partial charge on any atom is 0.127 e. The van der Waals surface area contributed by atoms with E-state index < -0.39 is 0 Å². The first kappa shape index (κ1) is 15.7. The first-order valence-corrected chi connectivity index (χ1v) is 8.60. The number of rotatable bonds is 2. The van der Waals surface area contributed by atoms with Crippen molar-refractivity contribution in [3.05, 3.63) is 70.8 Å². The zero-order valence-electron chi connectivity index (χ0n) is 13.9. The Kier molecular flexibility index (Phi) is 4.10. The third-order valence-electron chi connectivity index (χ3n) is 5.50. The van der Waals surface area contributed by atoms with Gasteiger partial charge < -0.3 is 4.90 Å². The normalized spacial score (nSPS) is 25.0. The van der Waals surface area contributed by atoms with Crippen LogP contribution in [0.4, 0.5) is 8.78 Å². The number of benzene rings is 2. The first-order chi connectivity index (χ1) is 11.6. The topological polar surface area (TPSA) is 6.48 Å². The van der Waals surface area contributed by atoms with Crippen molar-refractivity contribution in [2.45, 2.75) is 18.4 Å². The number of fused-ring (bicyclic) bond motifs is 1. The first-order valence-electron chi connectivity index (χ1n) is 8.60. The molecule has 0 radical (unpaired) electrons. The molecule has 4 heteroatoms. The fourth-order valence-corrected chi connectivity index (χ4v) is 4.16. The highest BCUT2D eigenvalue weighted by Crippen LogP contribution is 2.47. The van der Waals surface area contributed by atoms with Gasteiger partial charge in [0.25, 0.3) is 0 Å². The Morgan fingerprint density at radius 1 is 0.875 bits per heavy atom. The van der Waals surface area contributed by atoms with Crippen molar-refractivity contribution in [3.8, 4) is 0 Å². The van der Waals surface area contributed by atoms with E-state index in [4.69, 9.17) is 0 Å². The third kappa shape index (κ3) is 2.74. The fourth-order valence-electron chi connectivity index (χ4n) is 4.16. The molecule has 2 aliphatic rings. The van der Waals surface area contributed by atoms with Crippen LogP contribution in [0, 0.1) is 11.6 Å². The molecule has 24 heavy (non-hydrogen) atoms. The largest absolute Gasteiger partial charge is 0.304 e. The average molecular weight is 328 g/mol. The van der Waals surface area contributed by atoms with Gasteiger partial charge in [0.1, 0.15) is 11.6 Å². The van der Waals surface area contributed by atoms with E-state index >= 15 is 0 Å². The molecule has 1 saturated heterocycles. The van der Waals surface area contributed by atoms with Gasteiger partial charge in [0.2, 0.25) is 0 Å². The molecular formula is C20H22F2N2. The molecule has 4 rings (SSSR count). The van der Waals surface area contributed by atoms with E-state index in [-0.39, 0.29) is 23.6 Å². The molecule has 126 valence electrons. The quantitative estimate of drug-likeness (QED) is 0.828. The lowest BCUT2D eigenvalue weighted by Gasteiger charge is -2.37. The highest BCUT2D eigenvalue weighted by molar-refractivity contribution is 5.45.